The summed E-state index contributed by atoms with van der Waals surface area (Å²) in [7, 11) is 4.92. The molecule has 0 aromatic heterocycles. The average molecular weight is 959 g/mol. The van der Waals surface area contributed by atoms with Crippen molar-refractivity contribution in [2.24, 2.45) is 11.8 Å². The van der Waals surface area contributed by atoms with Crippen molar-refractivity contribution >= 4 is 59.2 Å². The number of aliphatic hydroxyl groups excluding tert-OH is 1. The minimum atomic E-state index is -1.83. The number of carbonyl (C=O) groups is 10. The van der Waals surface area contributed by atoms with Crippen molar-refractivity contribution in [3.63, 3.8) is 0 Å². The van der Waals surface area contributed by atoms with Gasteiger partial charge in [-0.2, -0.15) is 0 Å². The Hall–Kier alpha value is -6.42. The molecule has 1 aliphatic heterocycles. The predicted molar refractivity (Wildman–Crippen MR) is 245 cm³/mol. The van der Waals surface area contributed by atoms with Gasteiger partial charge in [-0.05, 0) is 45.1 Å². The van der Waals surface area contributed by atoms with Crippen molar-refractivity contribution in [3.8, 4) is 0 Å². The molecular formula is C46H70N8O14. The van der Waals surface area contributed by atoms with Gasteiger partial charge >= 0.3 is 11.9 Å². The molecule has 1 saturated heterocycles. The maximum absolute atomic E-state index is 15.0. The van der Waals surface area contributed by atoms with Crippen LogP contribution in [-0.2, 0) is 68.6 Å². The molecule has 0 aliphatic carbocycles. The largest absolute Gasteiger partial charge is 0.458 e. The summed E-state index contributed by atoms with van der Waals surface area (Å²) in [4.78, 5) is 141. The number of rotatable bonds is 12. The lowest BCUT2D eigenvalue weighted by Crippen LogP contribution is -2.65. The second-order valence-corrected chi connectivity index (χ2v) is 17.6. The van der Waals surface area contributed by atoms with E-state index in [-0.39, 0.29) is 6.42 Å². The maximum atomic E-state index is 15.0. The van der Waals surface area contributed by atoms with Gasteiger partial charge in [0.05, 0.1) is 18.2 Å². The summed E-state index contributed by atoms with van der Waals surface area (Å²) in [5.41, 5.74) is 0.0806. The van der Waals surface area contributed by atoms with Crippen molar-refractivity contribution in [2.45, 2.75) is 142 Å². The number of esters is 2. The van der Waals surface area contributed by atoms with Gasteiger partial charge in [0, 0.05) is 48.5 Å². The summed E-state index contributed by atoms with van der Waals surface area (Å²) in [5.74, 6) is -10.7. The number of aliphatic hydroxyl groups is 1. The number of carbonyl (C=O) groups excluding carboxylic acids is 10. The molecule has 1 fully saturated rings. The molecule has 2 rings (SSSR count). The zero-order chi connectivity index (χ0) is 52.1. The zero-order valence-electron chi connectivity index (χ0n) is 41.4. The van der Waals surface area contributed by atoms with E-state index in [0.29, 0.717) is 5.56 Å². The Kier molecular flexibility index (Phi) is 21.8. The van der Waals surface area contributed by atoms with Crippen LogP contribution >= 0.6 is 0 Å². The average Bonchev–Trinajstić information content (AvgIpc) is 3.27. The van der Waals surface area contributed by atoms with Crippen LogP contribution in [0.5, 0.6) is 0 Å². The summed E-state index contributed by atoms with van der Waals surface area (Å²) < 4.78 is 17.2. The highest BCUT2D eigenvalue weighted by molar-refractivity contribution is 6.01. The van der Waals surface area contributed by atoms with Crippen molar-refractivity contribution in [1.29, 1.82) is 0 Å². The van der Waals surface area contributed by atoms with E-state index in [0.717, 1.165) is 28.5 Å². The van der Waals surface area contributed by atoms with Crippen LogP contribution in [-0.4, -0.2) is 174 Å². The van der Waals surface area contributed by atoms with E-state index < -0.39 is 143 Å². The normalized spacial score (nSPS) is 25.2. The Morgan fingerprint density at radius 2 is 1.40 bits per heavy atom. The number of hydrogen-bond acceptors (Lipinski definition) is 14. The molecule has 1 aromatic carbocycles. The van der Waals surface area contributed by atoms with Gasteiger partial charge in [-0.25, -0.2) is 9.59 Å². The second-order valence-electron chi connectivity index (χ2n) is 17.6. The summed E-state index contributed by atoms with van der Waals surface area (Å²) in [6.45, 7) is 17.7. The van der Waals surface area contributed by atoms with E-state index in [9.17, 15) is 53.1 Å². The van der Waals surface area contributed by atoms with Crippen molar-refractivity contribution in [2.75, 3.05) is 28.3 Å². The van der Waals surface area contributed by atoms with Gasteiger partial charge in [0.25, 0.3) is 11.8 Å². The number of nitrogens with one attached hydrogen (secondary N) is 5. The van der Waals surface area contributed by atoms with Crippen LogP contribution < -0.4 is 26.6 Å². The lowest BCUT2D eigenvalue weighted by molar-refractivity contribution is -0.166. The maximum Gasteiger partial charge on any atom is 0.331 e. The minimum absolute atomic E-state index is 0.210. The fourth-order valence-corrected chi connectivity index (χ4v) is 7.17. The number of methoxy groups -OCH3 is 1. The Balaban J connectivity index is 2.89. The quantitative estimate of drug-likeness (QED) is 0.107. The van der Waals surface area contributed by atoms with Crippen LogP contribution in [0.1, 0.15) is 74.8 Å². The van der Waals surface area contributed by atoms with E-state index in [2.05, 4.69) is 33.2 Å². The molecular weight excluding hydrogens is 889 g/mol. The molecule has 8 amide bonds. The van der Waals surface area contributed by atoms with Crippen LogP contribution in [0, 0.1) is 11.8 Å². The summed E-state index contributed by atoms with van der Waals surface area (Å²) in [6, 6.07) is -2.30. The molecule has 378 valence electrons. The SMILES string of the molecule is C=C1C(=O)N[C@@H](C)C(=O)N(C)[C@@H](C)C(=O)N[C@@H]([C@H](OC(=O)[C@@H](NC(C)=O)[C@H](O)C(C)C)C(C)C)C(=O)N(C)[C@@H]([C@@H](C)OC)C(=O)N[C@H](C)[C@H](NC(C)=O)C(=O)O[C@H](Cc2ccccc2)C(=O)N1C. The highest BCUT2D eigenvalue weighted by Gasteiger charge is 2.45. The Morgan fingerprint density at radius 3 is 1.91 bits per heavy atom. The first kappa shape index (κ1) is 57.7. The second kappa shape index (κ2) is 25.6. The van der Waals surface area contributed by atoms with Gasteiger partial charge in [-0.1, -0.05) is 64.6 Å². The van der Waals surface area contributed by atoms with E-state index >= 15 is 0 Å². The first-order valence-electron chi connectivity index (χ1n) is 22.2. The van der Waals surface area contributed by atoms with Crippen LogP contribution in [0.2, 0.25) is 0 Å². The van der Waals surface area contributed by atoms with Gasteiger partial charge in [-0.15, -0.1) is 0 Å². The Labute approximate surface area is 397 Å². The Bertz CT molecular complexity index is 2030. The van der Waals surface area contributed by atoms with Gasteiger partial charge in [0.2, 0.25) is 35.4 Å². The third kappa shape index (κ3) is 15.3. The van der Waals surface area contributed by atoms with Crippen LogP contribution in [0.15, 0.2) is 42.6 Å². The van der Waals surface area contributed by atoms with E-state index in [1.54, 1.807) is 58.0 Å². The smallest absolute Gasteiger partial charge is 0.331 e. The number of nitrogens with zero attached hydrogens (tertiary/aromatic N) is 3. The zero-order valence-corrected chi connectivity index (χ0v) is 41.4. The fraction of sp³-hybridized carbons (Fsp3) is 0.609. The highest BCUT2D eigenvalue weighted by Crippen LogP contribution is 2.21. The summed E-state index contributed by atoms with van der Waals surface area (Å²) in [5, 5.41) is 23.4. The fourth-order valence-electron chi connectivity index (χ4n) is 7.17. The number of benzene rings is 1. The highest BCUT2D eigenvalue weighted by atomic mass is 16.6. The van der Waals surface area contributed by atoms with Crippen molar-refractivity contribution in [3.05, 3.63) is 48.2 Å². The molecule has 6 N–H and O–H groups in total. The molecule has 0 saturated carbocycles. The molecule has 1 aromatic rings. The lowest BCUT2D eigenvalue weighted by atomic mass is 9.95. The first-order valence-corrected chi connectivity index (χ1v) is 22.2. The van der Waals surface area contributed by atoms with Crippen LogP contribution in [0.25, 0.3) is 0 Å². The minimum Gasteiger partial charge on any atom is -0.458 e. The van der Waals surface area contributed by atoms with Crippen LogP contribution in [0.3, 0.4) is 0 Å². The van der Waals surface area contributed by atoms with Crippen LogP contribution in [0.4, 0.5) is 0 Å². The molecule has 0 spiro atoms. The molecule has 22 heteroatoms. The van der Waals surface area contributed by atoms with Gasteiger partial charge in [0.1, 0.15) is 42.0 Å². The van der Waals surface area contributed by atoms with Gasteiger partial charge in [-0.3, -0.25) is 38.4 Å². The molecule has 1 aliphatic rings. The van der Waals surface area contributed by atoms with Gasteiger partial charge in [0.15, 0.2) is 12.1 Å². The molecule has 0 unspecified atom stereocenters. The molecule has 1 heterocycles. The summed E-state index contributed by atoms with van der Waals surface area (Å²) in [6.07, 6.45) is -5.98. The molecule has 22 nitrogen and oxygen atoms in total. The number of amides is 8. The number of ether oxygens (including phenoxy) is 3. The first-order chi connectivity index (χ1) is 31.6. The predicted octanol–water partition coefficient (Wildman–Crippen LogP) is -1.08. The van der Waals surface area contributed by atoms with E-state index in [1.165, 1.54) is 55.9 Å². The monoisotopic (exact) mass is 959 g/mol. The van der Waals surface area contributed by atoms with E-state index in [4.69, 9.17) is 14.2 Å². The lowest BCUT2D eigenvalue weighted by Gasteiger charge is -2.38. The van der Waals surface area contributed by atoms with Crippen molar-refractivity contribution in [1.82, 2.24) is 41.3 Å². The third-order valence-corrected chi connectivity index (χ3v) is 11.6. The summed E-state index contributed by atoms with van der Waals surface area (Å²) >= 11 is 0. The number of likely N-dealkylation sites (N-methyl/N-ethyl adjacent to an activating group) is 3. The molecule has 0 bridgehead atoms. The van der Waals surface area contributed by atoms with Crippen molar-refractivity contribution < 1.29 is 67.3 Å². The number of cyclic esters (lactones) is 1. The standard InChI is InChI=1S/C46H70N8O14/c1-22(2)37(57)34(50-30(11)56)46(65)68-38(23(3)4)35-44(63)54(14)36(28(9)66-15)41(60)47-24(5)33(49-29(10)55)45(64)67-32(21-31-19-17-16-18-20-31)43(62)53(13)26(7)39(58)48-25(6)42(61)52(12)27(8)40(59)51-35/h16-20,22-25,27-28,32-38,57H,7,21H2,1-6,8-15H3,(H,47,60)(H,48,58)(H,49,55)(H,50,56)(H,51,59)/t24-,25+,27+,28-,32-,33+,34+,35+,36+,37-,38-/m1/s1. The topological polar surface area (TPSA) is 288 Å². The van der Waals surface area contributed by atoms with E-state index in [1.807, 2.05) is 0 Å². The molecule has 68 heavy (non-hydrogen) atoms. The molecule has 11 atom stereocenters. The third-order valence-electron chi connectivity index (χ3n) is 11.6. The molecule has 0 radical (unpaired) electrons. The number of hydrogen-bond donors (Lipinski definition) is 6. The Morgan fingerprint density at radius 1 is 0.809 bits per heavy atom. The van der Waals surface area contributed by atoms with Gasteiger partial charge < -0.3 is 60.6 Å².